The molecule has 0 spiro atoms. The molecule has 1 aliphatic heterocycles. The Bertz CT molecular complexity index is 1250. The van der Waals surface area contributed by atoms with Crippen LogP contribution in [0.3, 0.4) is 0 Å². The first-order valence-electron chi connectivity index (χ1n) is 9.03. The van der Waals surface area contributed by atoms with Crippen LogP contribution in [-0.4, -0.2) is 11.1 Å². The van der Waals surface area contributed by atoms with Crippen LogP contribution in [0, 0.1) is 5.41 Å². The molecule has 5 nitrogen and oxygen atoms in total. The van der Waals surface area contributed by atoms with E-state index in [1.54, 1.807) is 36.4 Å². The fraction of sp³-hybridized carbons (Fsp3) is 0.130. The smallest absolute Gasteiger partial charge is 0.336 e. The van der Waals surface area contributed by atoms with Gasteiger partial charge in [0.1, 0.15) is 11.3 Å². The van der Waals surface area contributed by atoms with Crippen LogP contribution in [0.2, 0.25) is 0 Å². The SMILES string of the molecule is CC(C)c1ccc(-c2c3ccc(=N)cc-3oc3cc(N)ccc23)c(C(=O)O)c1. The zero-order valence-corrected chi connectivity index (χ0v) is 15.6. The Morgan fingerprint density at radius 1 is 1.04 bits per heavy atom. The molecule has 28 heavy (non-hydrogen) atoms. The summed E-state index contributed by atoms with van der Waals surface area (Å²) in [5, 5.41) is 18.9. The second kappa shape index (κ2) is 6.53. The summed E-state index contributed by atoms with van der Waals surface area (Å²) < 4.78 is 5.98. The molecular weight excluding hydrogens is 352 g/mol. The van der Waals surface area contributed by atoms with E-state index < -0.39 is 5.97 Å². The molecule has 2 aromatic carbocycles. The van der Waals surface area contributed by atoms with E-state index in [1.165, 1.54) is 0 Å². The second-order valence-electron chi connectivity index (χ2n) is 7.21. The maximum absolute atomic E-state index is 12.1. The van der Waals surface area contributed by atoms with Crippen molar-refractivity contribution in [1.82, 2.24) is 0 Å². The topological polar surface area (TPSA) is 100 Å². The Kier molecular flexibility index (Phi) is 4.15. The summed E-state index contributed by atoms with van der Waals surface area (Å²) in [5.74, 6) is -0.242. The van der Waals surface area contributed by atoms with Gasteiger partial charge < -0.3 is 20.7 Å². The van der Waals surface area contributed by atoms with E-state index in [9.17, 15) is 9.90 Å². The van der Waals surface area contributed by atoms with Crippen molar-refractivity contribution in [2.45, 2.75) is 19.8 Å². The molecule has 0 fully saturated rings. The number of aromatic carboxylic acids is 1. The molecule has 4 rings (SSSR count). The third-order valence-electron chi connectivity index (χ3n) is 4.96. The number of carboxylic acid groups (broad SMARTS) is 1. The molecule has 0 atom stereocenters. The van der Waals surface area contributed by atoms with Gasteiger partial charge in [-0.2, -0.15) is 0 Å². The van der Waals surface area contributed by atoms with Gasteiger partial charge in [-0.25, -0.2) is 4.79 Å². The van der Waals surface area contributed by atoms with Gasteiger partial charge in [0.05, 0.1) is 10.9 Å². The van der Waals surface area contributed by atoms with Gasteiger partial charge in [0.25, 0.3) is 0 Å². The summed E-state index contributed by atoms with van der Waals surface area (Å²) in [6.07, 6.45) is 0. The van der Waals surface area contributed by atoms with Crippen LogP contribution in [0.4, 0.5) is 5.69 Å². The van der Waals surface area contributed by atoms with Crippen molar-refractivity contribution in [3.63, 3.8) is 0 Å². The van der Waals surface area contributed by atoms with Crippen molar-refractivity contribution in [3.05, 3.63) is 71.1 Å². The lowest BCUT2D eigenvalue weighted by atomic mass is 9.88. The van der Waals surface area contributed by atoms with Crippen molar-refractivity contribution in [2.24, 2.45) is 0 Å². The van der Waals surface area contributed by atoms with E-state index in [2.05, 4.69) is 0 Å². The second-order valence-corrected chi connectivity index (χ2v) is 7.21. The minimum Gasteiger partial charge on any atom is -0.478 e. The third kappa shape index (κ3) is 2.91. The van der Waals surface area contributed by atoms with Crippen molar-refractivity contribution >= 4 is 22.6 Å². The first-order valence-corrected chi connectivity index (χ1v) is 9.03. The lowest BCUT2D eigenvalue weighted by Crippen LogP contribution is -2.05. The van der Waals surface area contributed by atoms with E-state index in [4.69, 9.17) is 15.6 Å². The molecule has 4 N–H and O–H groups in total. The number of rotatable bonds is 3. The number of nitrogens with two attached hydrogens (primary N) is 1. The monoisotopic (exact) mass is 372 g/mol. The Labute approximate surface area is 161 Å². The molecule has 0 aromatic heterocycles. The molecule has 0 bridgehead atoms. The first kappa shape index (κ1) is 17.8. The number of nitrogens with one attached hydrogen (secondary N) is 1. The first-order chi connectivity index (χ1) is 13.3. The van der Waals surface area contributed by atoms with Gasteiger partial charge >= 0.3 is 5.97 Å². The minimum absolute atomic E-state index is 0.220. The Hall–Kier alpha value is -3.60. The van der Waals surface area contributed by atoms with Crippen LogP contribution < -0.4 is 11.1 Å². The maximum Gasteiger partial charge on any atom is 0.336 e. The molecule has 5 heteroatoms. The summed E-state index contributed by atoms with van der Waals surface area (Å²) in [6.45, 7) is 4.07. The molecule has 0 unspecified atom stereocenters. The van der Waals surface area contributed by atoms with Crippen LogP contribution in [0.5, 0.6) is 0 Å². The van der Waals surface area contributed by atoms with Crippen molar-refractivity contribution in [3.8, 4) is 22.5 Å². The molecule has 0 saturated heterocycles. The van der Waals surface area contributed by atoms with E-state index in [0.29, 0.717) is 28.0 Å². The Balaban J connectivity index is 2.16. The fourth-order valence-corrected chi connectivity index (χ4v) is 3.51. The minimum atomic E-state index is -0.979. The van der Waals surface area contributed by atoms with E-state index in [1.807, 2.05) is 32.0 Å². The zero-order valence-electron chi connectivity index (χ0n) is 15.6. The van der Waals surface area contributed by atoms with E-state index >= 15 is 0 Å². The van der Waals surface area contributed by atoms with E-state index in [-0.39, 0.29) is 11.5 Å². The molecule has 2 aliphatic rings. The normalized spacial score (nSPS) is 11.4. The van der Waals surface area contributed by atoms with Crippen molar-refractivity contribution < 1.29 is 14.3 Å². The Morgan fingerprint density at radius 2 is 1.79 bits per heavy atom. The molecular formula is C23H20N2O3. The number of hydrogen-bond donors (Lipinski definition) is 3. The summed E-state index contributed by atoms with van der Waals surface area (Å²) >= 11 is 0. The third-order valence-corrected chi connectivity index (χ3v) is 4.96. The van der Waals surface area contributed by atoms with Gasteiger partial charge in [0.15, 0.2) is 0 Å². The fourth-order valence-electron chi connectivity index (χ4n) is 3.51. The lowest BCUT2D eigenvalue weighted by Gasteiger charge is -2.18. The van der Waals surface area contributed by atoms with Gasteiger partial charge in [-0.1, -0.05) is 26.0 Å². The summed E-state index contributed by atoms with van der Waals surface area (Å²) in [5.41, 5.74) is 10.4. The molecule has 0 amide bonds. The van der Waals surface area contributed by atoms with Crippen LogP contribution in [0.15, 0.2) is 59.0 Å². The highest BCUT2D eigenvalue weighted by atomic mass is 16.4. The van der Waals surface area contributed by atoms with Crippen molar-refractivity contribution in [2.75, 3.05) is 5.73 Å². The Morgan fingerprint density at radius 3 is 2.50 bits per heavy atom. The van der Waals surface area contributed by atoms with Gasteiger partial charge in [-0.05, 0) is 47.4 Å². The molecule has 0 saturated carbocycles. The molecule has 140 valence electrons. The number of hydrogen-bond acceptors (Lipinski definition) is 4. The highest BCUT2D eigenvalue weighted by molar-refractivity contribution is 6.07. The summed E-state index contributed by atoms with van der Waals surface area (Å²) in [4.78, 5) is 12.1. The van der Waals surface area contributed by atoms with Gasteiger partial charge in [0, 0.05) is 34.3 Å². The number of nitrogen functional groups attached to an aromatic ring is 1. The predicted molar refractivity (Wildman–Crippen MR) is 110 cm³/mol. The standard InChI is InChI=1S/C23H20N2O3/c1-12(2)13-3-6-16(19(9-13)23(26)27)22-17-7-4-14(24)10-20(17)28-21-11-15(25)5-8-18(21)22/h3-12,24H,25H2,1-2H3,(H,26,27). The number of fused-ring (bicyclic) bond motifs is 2. The summed E-state index contributed by atoms with van der Waals surface area (Å²) in [7, 11) is 0. The average Bonchev–Trinajstić information content (AvgIpc) is 2.65. The number of benzene rings is 3. The van der Waals surface area contributed by atoms with E-state index in [0.717, 1.165) is 22.1 Å². The van der Waals surface area contributed by atoms with Crippen molar-refractivity contribution in [1.29, 1.82) is 5.41 Å². The highest BCUT2D eigenvalue weighted by Gasteiger charge is 2.22. The van der Waals surface area contributed by atoms with Gasteiger partial charge in [0.2, 0.25) is 0 Å². The molecule has 1 aliphatic carbocycles. The highest BCUT2D eigenvalue weighted by Crippen LogP contribution is 2.42. The van der Waals surface area contributed by atoms with Crippen LogP contribution in [0.1, 0.15) is 35.7 Å². The summed E-state index contributed by atoms with van der Waals surface area (Å²) in [6, 6.07) is 16.0. The molecule has 1 heterocycles. The quantitative estimate of drug-likeness (QED) is 0.344. The molecule has 0 radical (unpaired) electrons. The van der Waals surface area contributed by atoms with Crippen LogP contribution in [-0.2, 0) is 0 Å². The van der Waals surface area contributed by atoms with Gasteiger partial charge in [-0.3, -0.25) is 0 Å². The largest absolute Gasteiger partial charge is 0.478 e. The maximum atomic E-state index is 12.1. The van der Waals surface area contributed by atoms with Crippen LogP contribution >= 0.6 is 0 Å². The number of carboxylic acids is 1. The lowest BCUT2D eigenvalue weighted by molar-refractivity contribution is 0.0697. The van der Waals surface area contributed by atoms with Gasteiger partial charge in [-0.15, -0.1) is 0 Å². The molecule has 2 aromatic rings. The number of carbonyl (C=O) groups is 1. The number of anilines is 1. The zero-order chi connectivity index (χ0) is 20.0. The average molecular weight is 372 g/mol. The van der Waals surface area contributed by atoms with Crippen LogP contribution in [0.25, 0.3) is 33.4 Å². The predicted octanol–water partition coefficient (Wildman–Crippen LogP) is 5.09.